The van der Waals surface area contributed by atoms with Crippen LogP contribution in [0.3, 0.4) is 0 Å². The molecular formula is C16H15NO4. The van der Waals surface area contributed by atoms with Gasteiger partial charge >= 0.3 is 5.97 Å². The van der Waals surface area contributed by atoms with Crippen LogP contribution in [0.1, 0.15) is 18.4 Å². The minimum atomic E-state index is -0.941. The van der Waals surface area contributed by atoms with Gasteiger partial charge in [0.1, 0.15) is 0 Å². The molecule has 1 aliphatic heterocycles. The van der Waals surface area contributed by atoms with Crippen LogP contribution in [0.5, 0.6) is 0 Å². The molecule has 5 heteroatoms. The first-order valence-corrected chi connectivity index (χ1v) is 6.91. The van der Waals surface area contributed by atoms with Gasteiger partial charge in [-0.1, -0.05) is 24.3 Å². The second kappa shape index (κ2) is 5.16. The minimum Gasteiger partial charge on any atom is -0.481 e. The Morgan fingerprint density at radius 3 is 2.33 bits per heavy atom. The van der Waals surface area contributed by atoms with Crippen LogP contribution >= 0.6 is 0 Å². The molecule has 21 heavy (non-hydrogen) atoms. The summed E-state index contributed by atoms with van der Waals surface area (Å²) >= 11 is 0. The summed E-state index contributed by atoms with van der Waals surface area (Å²) in [6, 6.07) is 6.63. The van der Waals surface area contributed by atoms with Gasteiger partial charge in [0.05, 0.1) is 23.9 Å². The van der Waals surface area contributed by atoms with Crippen molar-refractivity contribution in [3.05, 3.63) is 42.0 Å². The fourth-order valence-corrected chi connectivity index (χ4v) is 3.03. The van der Waals surface area contributed by atoms with Crippen molar-refractivity contribution in [3.63, 3.8) is 0 Å². The molecule has 0 bridgehead atoms. The summed E-state index contributed by atoms with van der Waals surface area (Å²) in [5.74, 6) is -1.84. The fraction of sp³-hybridized carbons (Fsp3) is 0.312. The van der Waals surface area contributed by atoms with Crippen LogP contribution in [0.2, 0.25) is 0 Å². The number of hydrogen-bond donors (Lipinski definition) is 1. The maximum Gasteiger partial charge on any atom is 0.307 e. The number of benzene rings is 1. The first-order chi connectivity index (χ1) is 10.1. The maximum atomic E-state index is 12.4. The van der Waals surface area contributed by atoms with Crippen molar-refractivity contribution >= 4 is 23.5 Å². The third-order valence-corrected chi connectivity index (χ3v) is 4.03. The van der Waals surface area contributed by atoms with Gasteiger partial charge in [-0.3, -0.25) is 19.3 Å². The highest BCUT2D eigenvalue weighted by molar-refractivity contribution is 6.22. The third-order valence-electron chi connectivity index (χ3n) is 4.03. The molecule has 0 aromatic heterocycles. The SMILES string of the molecule is O=C(O)Cc1cccc(N2C(=O)C3CC=CCC3C2=O)c1. The van der Waals surface area contributed by atoms with E-state index in [4.69, 9.17) is 5.11 Å². The Morgan fingerprint density at radius 1 is 1.14 bits per heavy atom. The molecular weight excluding hydrogens is 270 g/mol. The van der Waals surface area contributed by atoms with Gasteiger partial charge in [-0.25, -0.2) is 0 Å². The highest BCUT2D eigenvalue weighted by Crippen LogP contribution is 2.37. The Morgan fingerprint density at radius 2 is 1.76 bits per heavy atom. The molecule has 1 fully saturated rings. The fourth-order valence-electron chi connectivity index (χ4n) is 3.03. The number of nitrogens with zero attached hydrogens (tertiary/aromatic N) is 1. The monoisotopic (exact) mass is 285 g/mol. The van der Waals surface area contributed by atoms with Crippen molar-refractivity contribution in [2.45, 2.75) is 19.3 Å². The Bertz CT molecular complexity index is 623. The predicted molar refractivity (Wildman–Crippen MR) is 75.6 cm³/mol. The van der Waals surface area contributed by atoms with Gasteiger partial charge in [-0.05, 0) is 30.5 Å². The zero-order chi connectivity index (χ0) is 15.0. The van der Waals surface area contributed by atoms with Crippen LogP contribution in [0.25, 0.3) is 0 Å². The van der Waals surface area contributed by atoms with Gasteiger partial charge in [0.2, 0.25) is 11.8 Å². The third kappa shape index (κ3) is 2.35. The summed E-state index contributed by atoms with van der Waals surface area (Å²) < 4.78 is 0. The second-order valence-electron chi connectivity index (χ2n) is 5.41. The number of carboxylic acid groups (broad SMARTS) is 1. The number of allylic oxidation sites excluding steroid dienone is 2. The van der Waals surface area contributed by atoms with Crippen molar-refractivity contribution in [1.82, 2.24) is 0 Å². The lowest BCUT2D eigenvalue weighted by molar-refractivity contribution is -0.136. The van der Waals surface area contributed by atoms with E-state index in [9.17, 15) is 14.4 Å². The molecule has 3 rings (SSSR count). The predicted octanol–water partition coefficient (Wildman–Crippen LogP) is 1.77. The second-order valence-corrected chi connectivity index (χ2v) is 5.41. The molecule has 5 nitrogen and oxygen atoms in total. The van der Waals surface area contributed by atoms with Crippen molar-refractivity contribution in [2.24, 2.45) is 11.8 Å². The highest BCUT2D eigenvalue weighted by atomic mass is 16.4. The lowest BCUT2D eigenvalue weighted by atomic mass is 9.85. The van der Waals surface area contributed by atoms with Gasteiger partial charge in [-0.2, -0.15) is 0 Å². The lowest BCUT2D eigenvalue weighted by Crippen LogP contribution is -2.30. The average molecular weight is 285 g/mol. The van der Waals surface area contributed by atoms with E-state index in [1.807, 2.05) is 12.2 Å². The summed E-state index contributed by atoms with van der Waals surface area (Å²) in [5.41, 5.74) is 1.05. The molecule has 2 amide bonds. The molecule has 1 aliphatic carbocycles. The number of carboxylic acids is 1. The molecule has 108 valence electrons. The number of hydrogen-bond acceptors (Lipinski definition) is 3. The topological polar surface area (TPSA) is 74.7 Å². The van der Waals surface area contributed by atoms with Crippen molar-refractivity contribution in [1.29, 1.82) is 0 Å². The van der Waals surface area contributed by atoms with Crippen molar-refractivity contribution < 1.29 is 19.5 Å². The Labute approximate surface area is 121 Å². The first kappa shape index (κ1) is 13.5. The maximum absolute atomic E-state index is 12.4. The molecule has 1 saturated heterocycles. The van der Waals surface area contributed by atoms with E-state index in [2.05, 4.69) is 0 Å². The van der Waals surface area contributed by atoms with E-state index in [-0.39, 0.29) is 30.1 Å². The number of fused-ring (bicyclic) bond motifs is 1. The molecule has 2 aliphatic rings. The summed E-state index contributed by atoms with van der Waals surface area (Å²) in [5, 5.41) is 8.84. The van der Waals surface area contributed by atoms with Gasteiger partial charge in [0, 0.05) is 0 Å². The quantitative estimate of drug-likeness (QED) is 0.678. The Kier molecular flexibility index (Phi) is 3.33. The summed E-state index contributed by atoms with van der Waals surface area (Å²) in [4.78, 5) is 36.9. The van der Waals surface area contributed by atoms with Crippen molar-refractivity contribution in [3.8, 4) is 0 Å². The zero-order valence-electron chi connectivity index (χ0n) is 11.4. The van der Waals surface area contributed by atoms with E-state index in [0.29, 0.717) is 24.1 Å². The number of imide groups is 1. The van der Waals surface area contributed by atoms with Crippen LogP contribution in [0, 0.1) is 11.8 Å². The van der Waals surface area contributed by atoms with Crippen LogP contribution in [0.4, 0.5) is 5.69 Å². The first-order valence-electron chi connectivity index (χ1n) is 6.91. The van der Waals surface area contributed by atoms with E-state index < -0.39 is 5.97 Å². The standard InChI is InChI=1S/C16H15NO4/c18-14(19)9-10-4-3-5-11(8-10)17-15(20)12-6-1-2-7-13(12)16(17)21/h1-5,8,12-13H,6-7,9H2,(H,18,19). The van der Waals surface area contributed by atoms with Gasteiger partial charge in [0.15, 0.2) is 0 Å². The van der Waals surface area contributed by atoms with Gasteiger partial charge in [0.25, 0.3) is 0 Å². The van der Waals surface area contributed by atoms with Crippen LogP contribution in [-0.2, 0) is 20.8 Å². The van der Waals surface area contributed by atoms with Gasteiger partial charge in [-0.15, -0.1) is 0 Å². The number of carbonyl (C=O) groups is 3. The summed E-state index contributed by atoms with van der Waals surface area (Å²) in [7, 11) is 0. The van der Waals surface area contributed by atoms with E-state index in [0.717, 1.165) is 0 Å². The van der Waals surface area contributed by atoms with Crippen LogP contribution < -0.4 is 4.90 Å². The zero-order valence-corrected chi connectivity index (χ0v) is 11.4. The molecule has 1 heterocycles. The molecule has 2 atom stereocenters. The molecule has 0 spiro atoms. The number of amides is 2. The number of rotatable bonds is 3. The Hall–Kier alpha value is -2.43. The average Bonchev–Trinajstić information content (AvgIpc) is 2.71. The molecule has 1 aromatic carbocycles. The normalized spacial score (nSPS) is 24.3. The molecule has 1 N–H and O–H groups in total. The van der Waals surface area contributed by atoms with E-state index in [1.165, 1.54) is 4.90 Å². The Balaban J connectivity index is 1.92. The van der Waals surface area contributed by atoms with Crippen LogP contribution in [0.15, 0.2) is 36.4 Å². The number of carbonyl (C=O) groups excluding carboxylic acids is 2. The molecule has 2 unspecified atom stereocenters. The number of aliphatic carboxylic acids is 1. The summed E-state index contributed by atoms with van der Waals surface area (Å²) in [6.07, 6.45) is 4.95. The number of anilines is 1. The smallest absolute Gasteiger partial charge is 0.307 e. The van der Waals surface area contributed by atoms with Crippen LogP contribution in [-0.4, -0.2) is 22.9 Å². The van der Waals surface area contributed by atoms with Crippen molar-refractivity contribution in [2.75, 3.05) is 4.90 Å². The molecule has 0 saturated carbocycles. The van der Waals surface area contributed by atoms with E-state index in [1.54, 1.807) is 24.3 Å². The largest absolute Gasteiger partial charge is 0.481 e. The van der Waals surface area contributed by atoms with E-state index >= 15 is 0 Å². The lowest BCUT2D eigenvalue weighted by Gasteiger charge is -2.15. The van der Waals surface area contributed by atoms with Gasteiger partial charge < -0.3 is 5.11 Å². The molecule has 1 aromatic rings. The highest BCUT2D eigenvalue weighted by Gasteiger charge is 2.47. The minimum absolute atomic E-state index is 0.127. The molecule has 0 radical (unpaired) electrons. The summed E-state index contributed by atoms with van der Waals surface area (Å²) in [6.45, 7) is 0.